The van der Waals surface area contributed by atoms with Crippen LogP contribution in [0.4, 0.5) is 0 Å². The first-order valence-electron chi connectivity index (χ1n) is 21.5. The topological polar surface area (TPSA) is 78.9 Å². The first kappa shape index (κ1) is 48.6. The maximum Gasteiger partial charge on any atom is 0.306 e. The van der Waals surface area contributed by atoms with Gasteiger partial charge in [0.15, 0.2) is 6.10 Å². The summed E-state index contributed by atoms with van der Waals surface area (Å²) in [4.78, 5) is 37.5. The third kappa shape index (κ3) is 38.7. The van der Waals surface area contributed by atoms with E-state index < -0.39 is 6.10 Å². The van der Waals surface area contributed by atoms with Gasteiger partial charge in [-0.15, -0.1) is 0 Å². The van der Waals surface area contributed by atoms with Gasteiger partial charge in [-0.1, -0.05) is 166 Å². The summed E-state index contributed by atoms with van der Waals surface area (Å²) in [5, 5.41) is 0. The van der Waals surface area contributed by atoms with E-state index in [0.717, 1.165) is 96.3 Å². The van der Waals surface area contributed by atoms with Gasteiger partial charge in [-0.2, -0.15) is 0 Å². The van der Waals surface area contributed by atoms with Crippen molar-refractivity contribution in [1.29, 1.82) is 0 Å². The fourth-order valence-corrected chi connectivity index (χ4v) is 5.81. The number of carbonyl (C=O) groups is 3. The Bertz CT molecular complexity index is 876. The van der Waals surface area contributed by atoms with Gasteiger partial charge in [0.2, 0.25) is 0 Å². The van der Waals surface area contributed by atoms with E-state index in [4.69, 9.17) is 14.2 Å². The summed E-state index contributed by atoms with van der Waals surface area (Å²) in [7, 11) is 0. The summed E-state index contributed by atoms with van der Waals surface area (Å²) in [5.74, 6) is -0.909. The molecule has 0 aliphatic rings. The molecule has 6 heteroatoms. The van der Waals surface area contributed by atoms with Crippen molar-refractivity contribution < 1.29 is 28.6 Å². The molecule has 0 aromatic carbocycles. The lowest BCUT2D eigenvalue weighted by Gasteiger charge is -2.18. The number of allylic oxidation sites excluding steroid dienone is 6. The fraction of sp³-hybridized carbons (Fsp3) is 0.800. The van der Waals surface area contributed by atoms with Crippen LogP contribution >= 0.6 is 0 Å². The highest BCUT2D eigenvalue weighted by molar-refractivity contribution is 5.71. The first-order chi connectivity index (χ1) is 25.0. The maximum absolute atomic E-state index is 12.6. The molecular weight excluding hydrogens is 636 g/mol. The van der Waals surface area contributed by atoms with E-state index in [1.54, 1.807) is 0 Å². The molecule has 0 amide bonds. The van der Waals surface area contributed by atoms with Crippen LogP contribution in [0.2, 0.25) is 0 Å². The van der Waals surface area contributed by atoms with Gasteiger partial charge in [-0.05, 0) is 64.2 Å². The van der Waals surface area contributed by atoms with E-state index in [9.17, 15) is 14.4 Å². The molecule has 0 fully saturated rings. The van der Waals surface area contributed by atoms with Crippen molar-refractivity contribution in [2.75, 3.05) is 13.2 Å². The minimum atomic E-state index is -0.775. The van der Waals surface area contributed by atoms with E-state index in [2.05, 4.69) is 57.2 Å². The Morgan fingerprint density at radius 2 is 0.765 bits per heavy atom. The number of hydrogen-bond acceptors (Lipinski definition) is 6. The predicted molar refractivity (Wildman–Crippen MR) is 215 cm³/mol. The lowest BCUT2D eigenvalue weighted by atomic mass is 10.1. The van der Waals surface area contributed by atoms with Gasteiger partial charge in [0.25, 0.3) is 0 Å². The second kappa shape index (κ2) is 40.4. The third-order valence-corrected chi connectivity index (χ3v) is 9.10. The Hall–Kier alpha value is -2.37. The van der Waals surface area contributed by atoms with Gasteiger partial charge < -0.3 is 14.2 Å². The summed E-state index contributed by atoms with van der Waals surface area (Å²) in [5.41, 5.74) is 0. The van der Waals surface area contributed by atoms with Crippen molar-refractivity contribution in [1.82, 2.24) is 0 Å². The smallest absolute Gasteiger partial charge is 0.306 e. The molecule has 0 N–H and O–H groups in total. The van der Waals surface area contributed by atoms with Crippen molar-refractivity contribution >= 4 is 17.9 Å². The van der Waals surface area contributed by atoms with Crippen molar-refractivity contribution in [2.45, 2.75) is 219 Å². The van der Waals surface area contributed by atoms with Crippen LogP contribution in [0, 0.1) is 0 Å². The van der Waals surface area contributed by atoms with Crippen LogP contribution in [0.1, 0.15) is 213 Å². The molecule has 0 aliphatic carbocycles. The Kier molecular flexibility index (Phi) is 38.5. The van der Waals surface area contributed by atoms with Gasteiger partial charge in [-0.25, -0.2) is 0 Å². The molecule has 0 aliphatic heterocycles. The number of unbranched alkanes of at least 4 members (excludes halogenated alkanes) is 21. The number of carbonyl (C=O) groups excluding carboxylic acids is 3. The summed E-state index contributed by atoms with van der Waals surface area (Å²) >= 11 is 0. The number of esters is 3. The van der Waals surface area contributed by atoms with Gasteiger partial charge in [0.05, 0.1) is 0 Å². The second-order valence-electron chi connectivity index (χ2n) is 14.3. The average Bonchev–Trinajstić information content (AvgIpc) is 3.12. The monoisotopic (exact) mass is 717 g/mol. The Labute approximate surface area is 315 Å². The molecule has 296 valence electrons. The maximum atomic E-state index is 12.6. The van der Waals surface area contributed by atoms with E-state index >= 15 is 0 Å². The van der Waals surface area contributed by atoms with Gasteiger partial charge in [0, 0.05) is 19.3 Å². The zero-order valence-corrected chi connectivity index (χ0v) is 33.6. The predicted octanol–water partition coefficient (Wildman–Crippen LogP) is 13.4. The van der Waals surface area contributed by atoms with Crippen LogP contribution in [-0.2, 0) is 28.6 Å². The highest BCUT2D eigenvalue weighted by atomic mass is 16.6. The molecule has 0 aromatic rings. The quantitative estimate of drug-likeness (QED) is 0.0274. The van der Waals surface area contributed by atoms with Crippen molar-refractivity contribution in [3.8, 4) is 0 Å². The lowest BCUT2D eigenvalue weighted by Crippen LogP contribution is -2.30. The number of rotatable bonds is 38. The van der Waals surface area contributed by atoms with E-state index in [1.807, 2.05) is 0 Å². The van der Waals surface area contributed by atoms with Crippen LogP contribution in [0.15, 0.2) is 36.5 Å². The SMILES string of the molecule is CCC/C=C\CCCCCCCC(=O)OC(COC(=O)CCCCCCC/C=C\C/C=C\CCCC)COC(=O)CCCCCCCCCCC. The van der Waals surface area contributed by atoms with Crippen LogP contribution in [-0.4, -0.2) is 37.2 Å². The van der Waals surface area contributed by atoms with Crippen LogP contribution < -0.4 is 0 Å². The minimum Gasteiger partial charge on any atom is -0.462 e. The molecule has 0 heterocycles. The van der Waals surface area contributed by atoms with E-state index in [1.165, 1.54) is 77.0 Å². The second-order valence-corrected chi connectivity index (χ2v) is 14.3. The Morgan fingerprint density at radius 3 is 1.24 bits per heavy atom. The molecule has 0 aromatic heterocycles. The molecular formula is C45H80O6. The summed E-state index contributed by atoms with van der Waals surface area (Å²) < 4.78 is 16.6. The normalized spacial score (nSPS) is 12.3. The van der Waals surface area contributed by atoms with E-state index in [-0.39, 0.29) is 31.1 Å². The number of hydrogen-bond donors (Lipinski definition) is 0. The largest absolute Gasteiger partial charge is 0.462 e. The van der Waals surface area contributed by atoms with E-state index in [0.29, 0.717) is 19.3 Å². The fourth-order valence-electron chi connectivity index (χ4n) is 5.81. The van der Waals surface area contributed by atoms with Crippen molar-refractivity contribution in [2.24, 2.45) is 0 Å². The number of ether oxygens (including phenoxy) is 3. The van der Waals surface area contributed by atoms with Gasteiger partial charge in [0.1, 0.15) is 13.2 Å². The highest BCUT2D eigenvalue weighted by Gasteiger charge is 2.19. The molecule has 0 saturated heterocycles. The molecule has 0 bridgehead atoms. The molecule has 0 saturated carbocycles. The van der Waals surface area contributed by atoms with Gasteiger partial charge >= 0.3 is 17.9 Å². The minimum absolute atomic E-state index is 0.0789. The molecule has 0 rings (SSSR count). The summed E-state index contributed by atoms with van der Waals surface area (Å²) in [6, 6.07) is 0. The molecule has 0 radical (unpaired) electrons. The van der Waals surface area contributed by atoms with Crippen molar-refractivity contribution in [3.63, 3.8) is 0 Å². The Morgan fingerprint density at radius 1 is 0.392 bits per heavy atom. The van der Waals surface area contributed by atoms with Gasteiger partial charge in [-0.3, -0.25) is 14.4 Å². The van der Waals surface area contributed by atoms with Crippen LogP contribution in [0.5, 0.6) is 0 Å². The molecule has 1 unspecified atom stereocenters. The van der Waals surface area contributed by atoms with Crippen LogP contribution in [0.3, 0.4) is 0 Å². The molecule has 0 spiro atoms. The molecule has 51 heavy (non-hydrogen) atoms. The molecule has 1 atom stereocenters. The van der Waals surface area contributed by atoms with Crippen LogP contribution in [0.25, 0.3) is 0 Å². The standard InChI is InChI=1S/C45H80O6/c1-4-7-10-13-16-19-21-22-23-24-27-29-32-35-38-44(47)50-41-42(40-49-43(46)37-34-31-28-25-18-15-12-9-6-3)51-45(48)39-36-33-30-26-20-17-14-11-8-5-2/h11,13-14,16,21-22,42H,4-10,12,15,17-20,23-41H2,1-3H3/b14-11-,16-13-,22-21-. The molecule has 6 nitrogen and oxygen atoms in total. The van der Waals surface area contributed by atoms with Crippen molar-refractivity contribution in [3.05, 3.63) is 36.5 Å². The lowest BCUT2D eigenvalue weighted by molar-refractivity contribution is -0.167. The average molecular weight is 717 g/mol. The zero-order chi connectivity index (χ0) is 37.3. The zero-order valence-electron chi connectivity index (χ0n) is 33.6. The summed E-state index contributed by atoms with van der Waals surface area (Å²) in [6.07, 6.45) is 44.1. The highest BCUT2D eigenvalue weighted by Crippen LogP contribution is 2.13. The summed E-state index contributed by atoms with van der Waals surface area (Å²) in [6.45, 7) is 6.48. The third-order valence-electron chi connectivity index (χ3n) is 9.10. The Balaban J connectivity index is 4.37. The first-order valence-corrected chi connectivity index (χ1v) is 21.5.